The lowest BCUT2D eigenvalue weighted by molar-refractivity contribution is -0.136. The highest BCUT2D eigenvalue weighted by Crippen LogP contribution is 2.23. The molecule has 3 aromatic rings. The fourth-order valence-corrected chi connectivity index (χ4v) is 2.69. The second-order valence-corrected chi connectivity index (χ2v) is 6.72. The van der Waals surface area contributed by atoms with Gasteiger partial charge in [0.15, 0.2) is 0 Å². The van der Waals surface area contributed by atoms with Gasteiger partial charge in [-0.3, -0.25) is 9.59 Å². The molecule has 0 atom stereocenters. The number of nitrogens with one attached hydrogen (secondary N) is 2. The number of hydrazone groups is 1. The molecule has 0 saturated carbocycles. The van der Waals surface area contributed by atoms with E-state index < -0.39 is 17.8 Å². The molecule has 0 saturated heterocycles. The van der Waals surface area contributed by atoms with E-state index in [4.69, 9.17) is 21.1 Å². The Kier molecular flexibility index (Phi) is 7.55. The Morgan fingerprint density at radius 2 is 1.53 bits per heavy atom. The summed E-state index contributed by atoms with van der Waals surface area (Å²) in [6.07, 6.45) is 1.26. The van der Waals surface area contributed by atoms with Crippen LogP contribution >= 0.6 is 11.6 Å². The van der Waals surface area contributed by atoms with Crippen LogP contribution in [0.1, 0.15) is 15.9 Å². The topological polar surface area (TPSA) is 106 Å². The van der Waals surface area contributed by atoms with Crippen LogP contribution in [0.2, 0.25) is 5.02 Å². The second kappa shape index (κ2) is 10.7. The average Bonchev–Trinajstić information content (AvgIpc) is 2.80. The second-order valence-electron chi connectivity index (χ2n) is 6.29. The van der Waals surface area contributed by atoms with Gasteiger partial charge in [0.25, 0.3) is 0 Å². The smallest absolute Gasteiger partial charge is 0.343 e. The number of carbonyl (C=O) groups excluding carboxylic acids is 3. The Balaban J connectivity index is 1.63. The number of benzene rings is 3. The Morgan fingerprint density at radius 3 is 2.25 bits per heavy atom. The summed E-state index contributed by atoms with van der Waals surface area (Å²) in [6, 6.07) is 19.5. The number of methoxy groups -OCH3 is 1. The van der Waals surface area contributed by atoms with Crippen molar-refractivity contribution in [2.75, 3.05) is 12.4 Å². The first-order chi connectivity index (χ1) is 15.5. The molecule has 0 spiro atoms. The molecule has 2 amide bonds. The molecule has 0 aromatic heterocycles. The van der Waals surface area contributed by atoms with Crippen LogP contribution in [0.15, 0.2) is 77.9 Å². The molecule has 0 aliphatic rings. The summed E-state index contributed by atoms with van der Waals surface area (Å²) in [5.74, 6) is -1.85. The molecule has 8 nitrogen and oxygen atoms in total. The lowest BCUT2D eigenvalue weighted by atomic mass is 10.2. The van der Waals surface area contributed by atoms with Crippen LogP contribution in [0.25, 0.3) is 0 Å². The third kappa shape index (κ3) is 5.93. The Morgan fingerprint density at radius 1 is 0.875 bits per heavy atom. The van der Waals surface area contributed by atoms with Gasteiger partial charge in [0.1, 0.15) is 11.5 Å². The number of esters is 1. The van der Waals surface area contributed by atoms with Crippen LogP contribution in [0, 0.1) is 0 Å². The van der Waals surface area contributed by atoms with Crippen molar-refractivity contribution >= 4 is 41.3 Å². The molecule has 0 fully saturated rings. The molecule has 32 heavy (non-hydrogen) atoms. The first kappa shape index (κ1) is 22.5. The van der Waals surface area contributed by atoms with Crippen molar-refractivity contribution in [3.05, 3.63) is 88.9 Å². The lowest BCUT2D eigenvalue weighted by Crippen LogP contribution is -2.32. The van der Waals surface area contributed by atoms with Gasteiger partial charge in [-0.15, -0.1) is 0 Å². The van der Waals surface area contributed by atoms with E-state index in [9.17, 15) is 14.4 Å². The quantitative estimate of drug-likeness (QED) is 0.195. The summed E-state index contributed by atoms with van der Waals surface area (Å²) in [5, 5.41) is 6.71. The van der Waals surface area contributed by atoms with Crippen LogP contribution < -0.4 is 20.2 Å². The largest absolute Gasteiger partial charge is 0.495 e. The minimum absolute atomic E-state index is 0.226. The van der Waals surface area contributed by atoms with Gasteiger partial charge >= 0.3 is 17.8 Å². The van der Waals surface area contributed by atoms with Crippen LogP contribution in [-0.2, 0) is 9.59 Å². The molecule has 0 aliphatic carbocycles. The fourth-order valence-electron chi connectivity index (χ4n) is 2.56. The first-order valence-electron chi connectivity index (χ1n) is 9.32. The molecule has 2 N–H and O–H groups in total. The van der Waals surface area contributed by atoms with Crippen molar-refractivity contribution in [2.24, 2.45) is 5.10 Å². The van der Waals surface area contributed by atoms with E-state index in [1.54, 1.807) is 72.8 Å². The summed E-state index contributed by atoms with van der Waals surface area (Å²) in [4.78, 5) is 36.5. The number of amides is 2. The Labute approximate surface area is 188 Å². The van der Waals surface area contributed by atoms with E-state index in [1.807, 2.05) is 0 Å². The van der Waals surface area contributed by atoms with Crippen molar-refractivity contribution in [3.8, 4) is 11.5 Å². The zero-order valence-corrected chi connectivity index (χ0v) is 17.6. The first-order valence-corrected chi connectivity index (χ1v) is 9.70. The predicted octanol–water partition coefficient (Wildman–Crippen LogP) is 3.66. The lowest BCUT2D eigenvalue weighted by Gasteiger charge is -2.09. The normalized spacial score (nSPS) is 10.4. The molecule has 162 valence electrons. The Hall–Kier alpha value is -4.17. The van der Waals surface area contributed by atoms with Gasteiger partial charge < -0.3 is 14.8 Å². The van der Waals surface area contributed by atoms with Crippen LogP contribution in [0.4, 0.5) is 5.69 Å². The zero-order chi connectivity index (χ0) is 22.9. The molecule has 0 heterocycles. The standard InChI is InChI=1S/C23H18ClN3O5/c1-31-20-9-5-3-7-18(20)26-21(28)22(29)27-25-14-16-6-2-4-8-19(16)32-23(30)15-10-12-17(24)13-11-15/h2-14H,1H3,(H,26,28)(H,27,29)/b25-14+. The van der Waals surface area contributed by atoms with Gasteiger partial charge in [-0.2, -0.15) is 5.10 Å². The van der Waals surface area contributed by atoms with E-state index >= 15 is 0 Å². The number of rotatable bonds is 6. The SMILES string of the molecule is COc1ccccc1NC(=O)C(=O)N/N=C/c1ccccc1OC(=O)c1ccc(Cl)cc1. The summed E-state index contributed by atoms with van der Waals surface area (Å²) < 4.78 is 10.5. The third-order valence-corrected chi connectivity index (χ3v) is 4.38. The number of anilines is 1. The van der Waals surface area contributed by atoms with Crippen molar-refractivity contribution in [1.82, 2.24) is 5.43 Å². The van der Waals surface area contributed by atoms with E-state index in [-0.39, 0.29) is 5.75 Å². The van der Waals surface area contributed by atoms with Gasteiger partial charge in [-0.25, -0.2) is 10.2 Å². The van der Waals surface area contributed by atoms with Gasteiger partial charge in [0, 0.05) is 10.6 Å². The maximum atomic E-state index is 12.3. The van der Waals surface area contributed by atoms with Gasteiger partial charge in [-0.1, -0.05) is 35.9 Å². The molecule has 3 aromatic carbocycles. The van der Waals surface area contributed by atoms with Crippen molar-refractivity contribution in [1.29, 1.82) is 0 Å². The summed E-state index contributed by atoms with van der Waals surface area (Å²) >= 11 is 5.83. The predicted molar refractivity (Wildman–Crippen MR) is 120 cm³/mol. The minimum Gasteiger partial charge on any atom is -0.495 e. The van der Waals surface area contributed by atoms with Crippen LogP contribution in [-0.4, -0.2) is 31.1 Å². The molecule has 0 unspecified atom stereocenters. The number of hydrogen-bond donors (Lipinski definition) is 2. The van der Waals surface area contributed by atoms with Crippen molar-refractivity contribution in [2.45, 2.75) is 0 Å². The highest BCUT2D eigenvalue weighted by Gasteiger charge is 2.15. The molecule has 9 heteroatoms. The molecule has 0 bridgehead atoms. The summed E-state index contributed by atoms with van der Waals surface area (Å²) in [5.41, 5.74) is 3.21. The molecule has 0 aliphatic heterocycles. The molecular weight excluding hydrogens is 434 g/mol. The highest BCUT2D eigenvalue weighted by molar-refractivity contribution is 6.39. The molecule has 0 radical (unpaired) electrons. The third-order valence-electron chi connectivity index (χ3n) is 4.13. The van der Waals surface area contributed by atoms with E-state index in [1.165, 1.54) is 13.3 Å². The minimum atomic E-state index is -0.984. The fraction of sp³-hybridized carbons (Fsp3) is 0.0435. The number of para-hydroxylation sites is 3. The van der Waals surface area contributed by atoms with E-state index in [0.717, 1.165) is 0 Å². The van der Waals surface area contributed by atoms with E-state index in [0.29, 0.717) is 27.6 Å². The summed E-state index contributed by atoms with van der Waals surface area (Å²) in [7, 11) is 1.45. The molecular formula is C23H18ClN3O5. The van der Waals surface area contributed by atoms with Crippen LogP contribution in [0.5, 0.6) is 11.5 Å². The number of halogens is 1. The molecule has 3 rings (SSSR count). The zero-order valence-electron chi connectivity index (χ0n) is 16.9. The number of carbonyl (C=O) groups is 3. The Bertz CT molecular complexity index is 1160. The van der Waals surface area contributed by atoms with Gasteiger partial charge in [0.2, 0.25) is 0 Å². The maximum Gasteiger partial charge on any atom is 0.343 e. The average molecular weight is 452 g/mol. The van der Waals surface area contributed by atoms with Gasteiger partial charge in [0.05, 0.1) is 24.6 Å². The van der Waals surface area contributed by atoms with Gasteiger partial charge in [-0.05, 0) is 48.5 Å². The van der Waals surface area contributed by atoms with Crippen molar-refractivity contribution < 1.29 is 23.9 Å². The number of ether oxygens (including phenoxy) is 2. The van der Waals surface area contributed by atoms with Crippen molar-refractivity contribution in [3.63, 3.8) is 0 Å². The maximum absolute atomic E-state index is 12.3. The van der Waals surface area contributed by atoms with E-state index in [2.05, 4.69) is 15.8 Å². The summed E-state index contributed by atoms with van der Waals surface area (Å²) in [6.45, 7) is 0. The number of nitrogens with zero attached hydrogens (tertiary/aromatic N) is 1. The monoisotopic (exact) mass is 451 g/mol. The van der Waals surface area contributed by atoms with Crippen LogP contribution in [0.3, 0.4) is 0 Å². The number of hydrogen-bond acceptors (Lipinski definition) is 6. The highest BCUT2D eigenvalue weighted by atomic mass is 35.5.